The van der Waals surface area contributed by atoms with Crippen LogP contribution in [0.15, 0.2) is 36.1 Å². The lowest BCUT2D eigenvalue weighted by atomic mass is 10.2. The fourth-order valence-corrected chi connectivity index (χ4v) is 0.762. The average molecular weight is 163 g/mol. The molecule has 0 saturated carbocycles. The summed E-state index contributed by atoms with van der Waals surface area (Å²) in [6.07, 6.45) is 1.09. The van der Waals surface area contributed by atoms with Crippen LogP contribution in [0.25, 0.3) is 6.08 Å². The van der Waals surface area contributed by atoms with E-state index in [-0.39, 0.29) is 0 Å². The summed E-state index contributed by atoms with van der Waals surface area (Å²) >= 11 is 0. The first-order valence-electron chi connectivity index (χ1n) is 3.37. The quantitative estimate of drug-likeness (QED) is 0.509. The number of rotatable bonds is 2. The molecule has 0 aliphatic heterocycles. The highest BCUT2D eigenvalue weighted by molar-refractivity contribution is 5.88. The summed E-state index contributed by atoms with van der Waals surface area (Å²) in [6.45, 7) is 0. The Morgan fingerprint density at radius 1 is 1.33 bits per heavy atom. The lowest BCUT2D eigenvalue weighted by Gasteiger charge is -2.04. The van der Waals surface area contributed by atoms with Crippen molar-refractivity contribution in [1.29, 1.82) is 0 Å². The highest BCUT2D eigenvalue weighted by Crippen LogP contribution is 2.02. The Balaban J connectivity index is 2.89. The molecule has 0 bridgehead atoms. The molecular weight excluding hydrogens is 156 g/mol. The zero-order valence-electron chi connectivity index (χ0n) is 6.23. The summed E-state index contributed by atoms with van der Waals surface area (Å²) in [5.74, 6) is -2.33. The Morgan fingerprint density at radius 3 is 2.42 bits per heavy atom. The second-order valence-corrected chi connectivity index (χ2v) is 2.22. The maximum Gasteiger partial charge on any atom is 0.320 e. The van der Waals surface area contributed by atoms with Crippen molar-refractivity contribution in [1.82, 2.24) is 0 Å². The summed E-state index contributed by atoms with van der Waals surface area (Å²) in [5, 5.41) is 18.9. The third-order valence-electron chi connectivity index (χ3n) is 1.31. The number of aliphatic carboxylic acids is 1. The molecule has 1 aromatic rings. The first-order chi connectivity index (χ1) is 5.70. The summed E-state index contributed by atoms with van der Waals surface area (Å²) in [6, 6.07) is 8.60. The number of hydrogen-bond donors (Lipinski definition) is 1. The van der Waals surface area contributed by atoms with E-state index in [0.717, 1.165) is 6.08 Å². The molecule has 0 spiro atoms. The van der Waals surface area contributed by atoms with Crippen molar-refractivity contribution in [3.63, 3.8) is 0 Å². The topological polar surface area (TPSA) is 60.4 Å². The molecular formula is C9H7O3-. The Hall–Kier alpha value is -1.77. The molecule has 1 N–H and O–H groups in total. The van der Waals surface area contributed by atoms with Gasteiger partial charge in [-0.05, 0) is 11.3 Å². The summed E-state index contributed by atoms with van der Waals surface area (Å²) in [4.78, 5) is 10.1. The van der Waals surface area contributed by atoms with Crippen molar-refractivity contribution in [3.05, 3.63) is 41.7 Å². The van der Waals surface area contributed by atoms with Crippen molar-refractivity contribution < 1.29 is 15.0 Å². The maximum atomic E-state index is 10.7. The minimum Gasteiger partial charge on any atom is -0.868 e. The first kappa shape index (κ1) is 8.33. The Morgan fingerprint density at radius 2 is 1.92 bits per heavy atom. The van der Waals surface area contributed by atoms with Crippen LogP contribution >= 0.6 is 0 Å². The fourth-order valence-electron chi connectivity index (χ4n) is 0.762. The largest absolute Gasteiger partial charge is 0.868 e. The molecule has 0 aromatic heterocycles. The van der Waals surface area contributed by atoms with Crippen LogP contribution in [0.5, 0.6) is 0 Å². The number of carbonyl (C=O) groups is 1. The van der Waals surface area contributed by atoms with E-state index in [2.05, 4.69) is 0 Å². The molecule has 12 heavy (non-hydrogen) atoms. The molecule has 0 amide bonds. The summed E-state index contributed by atoms with van der Waals surface area (Å²) in [5.41, 5.74) is 0.602. The molecule has 0 fully saturated rings. The third kappa shape index (κ3) is 2.12. The van der Waals surface area contributed by atoms with E-state index < -0.39 is 11.7 Å². The Kier molecular flexibility index (Phi) is 2.48. The molecule has 0 aliphatic rings. The van der Waals surface area contributed by atoms with E-state index in [1.807, 2.05) is 0 Å². The monoisotopic (exact) mass is 163 g/mol. The SMILES string of the molecule is O=C(O)C([O-])=Cc1ccccc1. The summed E-state index contributed by atoms with van der Waals surface area (Å²) in [7, 11) is 0. The van der Waals surface area contributed by atoms with Gasteiger partial charge in [0.2, 0.25) is 0 Å². The zero-order chi connectivity index (χ0) is 8.97. The second-order valence-electron chi connectivity index (χ2n) is 2.22. The van der Waals surface area contributed by atoms with E-state index in [1.54, 1.807) is 30.3 Å². The van der Waals surface area contributed by atoms with E-state index in [4.69, 9.17) is 5.11 Å². The van der Waals surface area contributed by atoms with Gasteiger partial charge in [-0.15, -0.1) is 0 Å². The highest BCUT2D eigenvalue weighted by Gasteiger charge is 1.92. The van der Waals surface area contributed by atoms with E-state index in [0.29, 0.717) is 5.56 Å². The van der Waals surface area contributed by atoms with Gasteiger partial charge in [-0.1, -0.05) is 36.4 Å². The molecule has 3 heteroatoms. The van der Waals surface area contributed by atoms with Gasteiger partial charge in [-0.2, -0.15) is 0 Å². The van der Waals surface area contributed by atoms with Crippen LogP contribution in [0.3, 0.4) is 0 Å². The van der Waals surface area contributed by atoms with Gasteiger partial charge in [0.05, 0.1) is 0 Å². The predicted octanol–water partition coefficient (Wildman–Crippen LogP) is 0.472. The standard InChI is InChI=1S/C9H8O3/c10-8(9(11)12)6-7-4-2-1-3-5-7/h1-6,10H,(H,11,12)/p-1. The molecule has 0 radical (unpaired) electrons. The molecule has 0 atom stereocenters. The van der Waals surface area contributed by atoms with Gasteiger partial charge in [0.15, 0.2) is 0 Å². The molecule has 1 aromatic carbocycles. The fraction of sp³-hybridized carbons (Fsp3) is 0. The van der Waals surface area contributed by atoms with Crippen LogP contribution in [-0.2, 0) is 4.79 Å². The smallest absolute Gasteiger partial charge is 0.320 e. The predicted molar refractivity (Wildman–Crippen MR) is 42.1 cm³/mol. The van der Waals surface area contributed by atoms with Crippen LogP contribution in [0.4, 0.5) is 0 Å². The number of benzene rings is 1. The van der Waals surface area contributed by atoms with Crippen LogP contribution in [0, 0.1) is 0 Å². The van der Waals surface area contributed by atoms with Crippen molar-refractivity contribution in [2.75, 3.05) is 0 Å². The van der Waals surface area contributed by atoms with E-state index in [9.17, 15) is 9.90 Å². The average Bonchev–Trinajstić information content (AvgIpc) is 2.06. The lowest BCUT2D eigenvalue weighted by molar-refractivity contribution is -0.300. The van der Waals surface area contributed by atoms with Crippen molar-refractivity contribution in [3.8, 4) is 0 Å². The van der Waals surface area contributed by atoms with Gasteiger partial charge in [0.25, 0.3) is 0 Å². The minimum absolute atomic E-state index is 0.602. The van der Waals surface area contributed by atoms with Gasteiger partial charge in [0.1, 0.15) is 0 Å². The Labute approximate surface area is 69.6 Å². The van der Waals surface area contributed by atoms with Crippen molar-refractivity contribution in [2.45, 2.75) is 0 Å². The van der Waals surface area contributed by atoms with Gasteiger partial charge in [-0.25, -0.2) is 4.79 Å². The van der Waals surface area contributed by atoms with E-state index >= 15 is 0 Å². The van der Waals surface area contributed by atoms with Crippen molar-refractivity contribution in [2.24, 2.45) is 0 Å². The van der Waals surface area contributed by atoms with Crippen LogP contribution in [0.2, 0.25) is 0 Å². The molecule has 1 rings (SSSR count). The zero-order valence-corrected chi connectivity index (χ0v) is 6.23. The second kappa shape index (κ2) is 3.57. The van der Waals surface area contributed by atoms with Crippen LogP contribution < -0.4 is 5.11 Å². The number of carboxylic acid groups (broad SMARTS) is 1. The first-order valence-corrected chi connectivity index (χ1v) is 3.37. The van der Waals surface area contributed by atoms with Crippen LogP contribution in [-0.4, -0.2) is 11.1 Å². The maximum absolute atomic E-state index is 10.7. The Bertz CT molecular complexity index is 301. The normalized spacial score (nSPS) is 11.2. The highest BCUT2D eigenvalue weighted by atomic mass is 16.4. The minimum atomic E-state index is -1.43. The third-order valence-corrected chi connectivity index (χ3v) is 1.31. The van der Waals surface area contributed by atoms with Gasteiger partial charge >= 0.3 is 5.97 Å². The molecule has 0 saturated heterocycles. The van der Waals surface area contributed by atoms with Gasteiger partial charge < -0.3 is 10.2 Å². The molecule has 0 aliphatic carbocycles. The molecule has 62 valence electrons. The molecule has 0 heterocycles. The van der Waals surface area contributed by atoms with Gasteiger partial charge in [0, 0.05) is 0 Å². The number of hydrogen-bond acceptors (Lipinski definition) is 2. The molecule has 3 nitrogen and oxygen atoms in total. The van der Waals surface area contributed by atoms with E-state index in [1.165, 1.54) is 0 Å². The lowest BCUT2D eigenvalue weighted by Crippen LogP contribution is -2.13. The van der Waals surface area contributed by atoms with Crippen molar-refractivity contribution >= 4 is 12.0 Å². The summed E-state index contributed by atoms with van der Waals surface area (Å²) < 4.78 is 0. The van der Waals surface area contributed by atoms with Crippen LogP contribution in [0.1, 0.15) is 5.56 Å². The van der Waals surface area contributed by atoms with Gasteiger partial charge in [-0.3, -0.25) is 0 Å². The number of carboxylic acids is 1. The molecule has 0 unspecified atom stereocenters.